The molecule has 0 aliphatic carbocycles. The Bertz CT molecular complexity index is 1050. The van der Waals surface area contributed by atoms with Gasteiger partial charge in [-0.3, -0.25) is 9.80 Å². The predicted octanol–water partition coefficient (Wildman–Crippen LogP) is 14.7. The van der Waals surface area contributed by atoms with Crippen molar-refractivity contribution in [3.8, 4) is 0 Å². The number of likely N-dealkylation sites (tertiary alicyclic amines) is 1. The monoisotopic (exact) mass is 775 g/mol. The van der Waals surface area contributed by atoms with Gasteiger partial charge in [0.2, 0.25) is 0 Å². The number of allylic oxidation sites excluding steroid dienone is 8. The van der Waals surface area contributed by atoms with Crippen molar-refractivity contribution in [2.75, 3.05) is 46.6 Å². The van der Waals surface area contributed by atoms with Crippen LogP contribution in [0.5, 0.6) is 0 Å². The van der Waals surface area contributed by atoms with E-state index in [2.05, 4.69) is 104 Å². The second kappa shape index (κ2) is 38.5. The van der Waals surface area contributed by atoms with Gasteiger partial charge in [0.05, 0.1) is 19.3 Å². The Labute approximate surface area is 348 Å². The Morgan fingerprint density at radius 3 is 1.46 bits per heavy atom. The largest absolute Gasteiger partial charge is 0.380 e. The van der Waals surface area contributed by atoms with Crippen LogP contribution in [-0.4, -0.2) is 62.4 Å². The molecule has 2 rings (SSSR count). The summed E-state index contributed by atoms with van der Waals surface area (Å²) in [7, 11) is 2.26. The highest BCUT2D eigenvalue weighted by atomic mass is 16.5. The molecule has 1 heterocycles. The van der Waals surface area contributed by atoms with E-state index in [0.29, 0.717) is 0 Å². The summed E-state index contributed by atoms with van der Waals surface area (Å²) in [5.41, 5.74) is 2.83. The van der Waals surface area contributed by atoms with Crippen molar-refractivity contribution in [1.29, 1.82) is 0 Å². The van der Waals surface area contributed by atoms with Crippen LogP contribution in [0.1, 0.15) is 192 Å². The third-order valence-electron chi connectivity index (χ3n) is 11.3. The maximum absolute atomic E-state index is 6.32. The molecule has 1 aromatic rings. The summed E-state index contributed by atoms with van der Waals surface area (Å²) in [6.45, 7) is 12.2. The van der Waals surface area contributed by atoms with Gasteiger partial charge in [0, 0.05) is 26.3 Å². The molecule has 0 radical (unpaired) electrons. The number of rotatable bonds is 39. The summed E-state index contributed by atoms with van der Waals surface area (Å²) in [4.78, 5) is 5.06. The first kappa shape index (κ1) is 50.2. The molecule has 0 N–H and O–H groups in total. The summed E-state index contributed by atoms with van der Waals surface area (Å²) in [6, 6.07) is 9.52. The Kier molecular flexibility index (Phi) is 34.5. The van der Waals surface area contributed by atoms with Crippen molar-refractivity contribution in [2.24, 2.45) is 0 Å². The van der Waals surface area contributed by atoms with Gasteiger partial charge in [-0.2, -0.15) is 0 Å². The number of hydrogen-bond donors (Lipinski definition) is 0. The van der Waals surface area contributed by atoms with Crippen molar-refractivity contribution in [3.05, 3.63) is 84.0 Å². The molecule has 320 valence electrons. The Morgan fingerprint density at radius 2 is 0.982 bits per heavy atom. The van der Waals surface area contributed by atoms with Crippen LogP contribution in [0.3, 0.4) is 0 Å². The molecule has 0 saturated carbocycles. The quantitative estimate of drug-likeness (QED) is 0.0491. The van der Waals surface area contributed by atoms with E-state index in [4.69, 9.17) is 9.47 Å². The third-order valence-corrected chi connectivity index (χ3v) is 11.3. The number of nitrogens with zero attached hydrogens (tertiary/aromatic N) is 2. The van der Waals surface area contributed by atoms with Gasteiger partial charge in [0.25, 0.3) is 0 Å². The molecule has 1 aliphatic rings. The van der Waals surface area contributed by atoms with Gasteiger partial charge in [0.1, 0.15) is 0 Å². The van der Waals surface area contributed by atoms with E-state index < -0.39 is 0 Å². The summed E-state index contributed by atoms with van der Waals surface area (Å²) in [5.74, 6) is 0. The standard InChI is InChI=1S/C52H90N2O2/c1-4-6-8-10-12-14-16-18-20-22-24-26-28-30-32-36-43-55-48-52(53(3)46-50-39-38-40-51(45-50)47-54-41-34-35-42-54)49-56-44-37-33-31-29-27-25-23-21-19-17-15-13-11-9-7-5-2/h12-15,18-21,38-40,45,52H,4-11,16-17,22-37,41-44,46-49H2,1-3H3/b14-12-,15-13-,20-18-,21-19-. The van der Waals surface area contributed by atoms with Crippen LogP contribution < -0.4 is 0 Å². The average molecular weight is 775 g/mol. The highest BCUT2D eigenvalue weighted by Crippen LogP contribution is 2.16. The Morgan fingerprint density at radius 1 is 0.554 bits per heavy atom. The summed E-state index contributed by atoms with van der Waals surface area (Å²) >= 11 is 0. The van der Waals surface area contributed by atoms with Crippen molar-refractivity contribution in [3.63, 3.8) is 0 Å². The van der Waals surface area contributed by atoms with Crippen LogP contribution in [0.4, 0.5) is 0 Å². The number of unbranched alkanes of at least 4 members (excludes halogenated alkanes) is 18. The van der Waals surface area contributed by atoms with Crippen LogP contribution in [0.15, 0.2) is 72.9 Å². The lowest BCUT2D eigenvalue weighted by molar-refractivity contribution is 0.00930. The third kappa shape index (κ3) is 30.1. The fourth-order valence-electron chi connectivity index (χ4n) is 7.57. The number of likely N-dealkylation sites (N-methyl/N-ethyl adjacent to an activating group) is 1. The summed E-state index contributed by atoms with van der Waals surface area (Å²) in [6.07, 6.45) is 52.1. The van der Waals surface area contributed by atoms with Gasteiger partial charge < -0.3 is 9.47 Å². The van der Waals surface area contributed by atoms with E-state index in [1.165, 1.54) is 165 Å². The van der Waals surface area contributed by atoms with Crippen molar-refractivity contribution in [1.82, 2.24) is 9.80 Å². The summed E-state index contributed by atoms with van der Waals surface area (Å²) < 4.78 is 12.6. The SMILES string of the molecule is CCCCC/C=C\C/C=C\CCCCCCCCOCC(COCCCCCCCC/C=C\C/C=C\CCCCC)N(C)Cc1cccc(CN2CCCC2)c1. The minimum absolute atomic E-state index is 0.270. The summed E-state index contributed by atoms with van der Waals surface area (Å²) in [5, 5.41) is 0. The molecule has 0 aromatic heterocycles. The van der Waals surface area contributed by atoms with Gasteiger partial charge in [-0.15, -0.1) is 0 Å². The highest BCUT2D eigenvalue weighted by molar-refractivity contribution is 5.23. The van der Waals surface area contributed by atoms with E-state index in [1.807, 2.05) is 0 Å². The lowest BCUT2D eigenvalue weighted by atomic mass is 10.1. The predicted molar refractivity (Wildman–Crippen MR) is 247 cm³/mol. The zero-order chi connectivity index (χ0) is 39.8. The molecule has 0 unspecified atom stereocenters. The van der Waals surface area contributed by atoms with Crippen LogP contribution in [0.2, 0.25) is 0 Å². The van der Waals surface area contributed by atoms with E-state index in [9.17, 15) is 0 Å². The maximum atomic E-state index is 6.32. The highest BCUT2D eigenvalue weighted by Gasteiger charge is 2.17. The number of ether oxygens (including phenoxy) is 2. The normalized spacial score (nSPS) is 14.2. The molecule has 4 nitrogen and oxygen atoms in total. The Balaban J connectivity index is 1.60. The molecule has 1 saturated heterocycles. The molecule has 1 fully saturated rings. The topological polar surface area (TPSA) is 24.9 Å². The van der Waals surface area contributed by atoms with Crippen molar-refractivity contribution >= 4 is 0 Å². The maximum Gasteiger partial charge on any atom is 0.0644 e. The smallest absolute Gasteiger partial charge is 0.0644 e. The molecule has 56 heavy (non-hydrogen) atoms. The second-order valence-electron chi connectivity index (χ2n) is 16.7. The molecule has 0 bridgehead atoms. The van der Waals surface area contributed by atoms with Crippen molar-refractivity contribution < 1.29 is 9.47 Å². The first-order chi connectivity index (χ1) is 27.7. The molecular weight excluding hydrogens is 685 g/mol. The molecule has 0 atom stereocenters. The van der Waals surface area contributed by atoms with Crippen LogP contribution in [0.25, 0.3) is 0 Å². The Hall–Kier alpha value is -1.98. The van der Waals surface area contributed by atoms with Crippen LogP contribution in [0, 0.1) is 0 Å². The van der Waals surface area contributed by atoms with Crippen molar-refractivity contribution in [2.45, 2.75) is 200 Å². The second-order valence-corrected chi connectivity index (χ2v) is 16.7. The first-order valence-electron chi connectivity index (χ1n) is 24.0. The van der Waals surface area contributed by atoms with E-state index in [-0.39, 0.29) is 6.04 Å². The van der Waals surface area contributed by atoms with Crippen LogP contribution in [-0.2, 0) is 22.6 Å². The van der Waals surface area contributed by atoms with E-state index in [0.717, 1.165) is 65.2 Å². The lowest BCUT2D eigenvalue weighted by Gasteiger charge is -2.28. The molecule has 1 aliphatic heterocycles. The van der Waals surface area contributed by atoms with Gasteiger partial charge in [-0.05, 0) is 121 Å². The van der Waals surface area contributed by atoms with E-state index >= 15 is 0 Å². The zero-order valence-corrected chi connectivity index (χ0v) is 37.3. The average Bonchev–Trinajstić information content (AvgIpc) is 3.72. The fraction of sp³-hybridized carbons (Fsp3) is 0.731. The number of hydrogen-bond acceptors (Lipinski definition) is 4. The van der Waals surface area contributed by atoms with Gasteiger partial charge >= 0.3 is 0 Å². The fourth-order valence-corrected chi connectivity index (χ4v) is 7.57. The molecule has 0 amide bonds. The van der Waals surface area contributed by atoms with E-state index in [1.54, 1.807) is 0 Å². The molecule has 0 spiro atoms. The molecule has 1 aromatic carbocycles. The van der Waals surface area contributed by atoms with Crippen LogP contribution >= 0.6 is 0 Å². The van der Waals surface area contributed by atoms with Gasteiger partial charge in [0.15, 0.2) is 0 Å². The van der Waals surface area contributed by atoms with Gasteiger partial charge in [-0.25, -0.2) is 0 Å². The minimum Gasteiger partial charge on any atom is -0.380 e. The minimum atomic E-state index is 0.270. The lowest BCUT2D eigenvalue weighted by Crippen LogP contribution is -2.39. The first-order valence-corrected chi connectivity index (χ1v) is 24.0. The zero-order valence-electron chi connectivity index (χ0n) is 37.3. The molecular formula is C52H90N2O2. The van der Waals surface area contributed by atoms with Gasteiger partial charge in [-0.1, -0.05) is 164 Å². The molecule has 4 heteroatoms. The number of benzene rings is 1.